The van der Waals surface area contributed by atoms with Gasteiger partial charge in [0, 0.05) is 30.8 Å². The first-order valence-electron chi connectivity index (χ1n) is 9.39. The van der Waals surface area contributed by atoms with Crippen molar-refractivity contribution in [2.24, 2.45) is 0 Å². The third-order valence-electron chi connectivity index (χ3n) is 5.42. The van der Waals surface area contributed by atoms with Crippen LogP contribution in [0, 0.1) is 5.82 Å². The van der Waals surface area contributed by atoms with Crippen molar-refractivity contribution in [2.75, 3.05) is 25.1 Å². The van der Waals surface area contributed by atoms with Gasteiger partial charge >= 0.3 is 6.09 Å². The number of carbonyl (C=O) groups is 2. The number of methoxy groups -OCH3 is 1. The molecule has 0 spiro atoms. The van der Waals surface area contributed by atoms with Crippen LogP contribution in [0.4, 0.5) is 14.9 Å². The fourth-order valence-electron chi connectivity index (χ4n) is 3.90. The van der Waals surface area contributed by atoms with E-state index < -0.39 is 11.6 Å². The highest BCUT2D eigenvalue weighted by Crippen LogP contribution is 2.33. The highest BCUT2D eigenvalue weighted by atomic mass is 19.1. The van der Waals surface area contributed by atoms with Crippen molar-refractivity contribution in [3.05, 3.63) is 53.3 Å². The summed E-state index contributed by atoms with van der Waals surface area (Å²) in [5.41, 5.74) is 1.86. The number of carbonyl (C=O) groups excluding carboxylic acids is 2. The summed E-state index contributed by atoms with van der Waals surface area (Å²) >= 11 is 0. The summed E-state index contributed by atoms with van der Waals surface area (Å²) in [5.74, 6) is -1.71. The molecule has 2 aromatic carbocycles. The van der Waals surface area contributed by atoms with E-state index >= 15 is 0 Å². The van der Waals surface area contributed by atoms with E-state index in [4.69, 9.17) is 9.47 Å². The van der Waals surface area contributed by atoms with E-state index in [1.54, 1.807) is 9.80 Å². The zero-order valence-electron chi connectivity index (χ0n) is 15.9. The van der Waals surface area contributed by atoms with Gasteiger partial charge in [0.15, 0.2) is 11.6 Å². The number of fused-ring (bicyclic) bond motifs is 1. The molecule has 8 heteroatoms. The van der Waals surface area contributed by atoms with Gasteiger partial charge in [0.25, 0.3) is 5.91 Å². The number of likely N-dealkylation sites (tertiary alicyclic amines) is 1. The van der Waals surface area contributed by atoms with Crippen LogP contribution in [-0.2, 0) is 11.3 Å². The van der Waals surface area contributed by atoms with Crippen molar-refractivity contribution >= 4 is 17.7 Å². The number of aromatic hydroxyl groups is 1. The quantitative estimate of drug-likeness (QED) is 0.855. The first-order chi connectivity index (χ1) is 14.0. The predicted octanol–water partition coefficient (Wildman–Crippen LogP) is 3.30. The molecule has 0 saturated carbocycles. The van der Waals surface area contributed by atoms with Crippen LogP contribution in [0.3, 0.4) is 0 Å². The lowest BCUT2D eigenvalue weighted by Gasteiger charge is -2.40. The molecule has 2 aliphatic heterocycles. The number of para-hydroxylation sites is 1. The first-order valence-corrected chi connectivity index (χ1v) is 9.39. The number of ether oxygens (including phenoxy) is 2. The number of phenols is 1. The highest BCUT2D eigenvalue weighted by Gasteiger charge is 2.35. The van der Waals surface area contributed by atoms with E-state index in [-0.39, 0.29) is 36.0 Å². The van der Waals surface area contributed by atoms with E-state index in [0.29, 0.717) is 25.9 Å². The Morgan fingerprint density at radius 1 is 1.24 bits per heavy atom. The van der Waals surface area contributed by atoms with Crippen LogP contribution in [0.2, 0.25) is 0 Å². The average Bonchev–Trinajstić information content (AvgIpc) is 2.75. The van der Waals surface area contributed by atoms with Crippen LogP contribution in [-0.4, -0.2) is 48.2 Å². The minimum Gasteiger partial charge on any atom is -0.505 e. The molecule has 2 aromatic rings. The maximum Gasteiger partial charge on any atom is 0.414 e. The second kappa shape index (κ2) is 7.62. The van der Waals surface area contributed by atoms with Crippen molar-refractivity contribution < 1.29 is 28.6 Å². The van der Waals surface area contributed by atoms with Crippen LogP contribution in [0.25, 0.3) is 0 Å². The maximum atomic E-state index is 13.8. The molecule has 1 fully saturated rings. The molecule has 29 heavy (non-hydrogen) atoms. The second-order valence-corrected chi connectivity index (χ2v) is 7.08. The summed E-state index contributed by atoms with van der Waals surface area (Å²) in [7, 11) is 1.36. The molecule has 0 aliphatic carbocycles. The molecule has 2 amide bonds. The predicted molar refractivity (Wildman–Crippen MR) is 103 cm³/mol. The molecule has 0 radical (unpaired) electrons. The summed E-state index contributed by atoms with van der Waals surface area (Å²) in [6.45, 7) is 1.07. The van der Waals surface area contributed by atoms with E-state index in [9.17, 15) is 19.1 Å². The van der Waals surface area contributed by atoms with E-state index in [0.717, 1.165) is 23.4 Å². The fourth-order valence-corrected chi connectivity index (χ4v) is 3.90. The number of anilines is 1. The maximum absolute atomic E-state index is 13.8. The minimum atomic E-state index is -0.878. The molecule has 0 aromatic heterocycles. The standard InChI is InChI=1S/C21H21FN2O5/c1-28-19-11-18(25)16(22)10-15(19)20(26)23-8-6-14(7-9-23)24-17-5-3-2-4-13(17)12-29-21(24)27/h2-5,10-11,14,25H,6-9,12H2,1H3. The van der Waals surface area contributed by atoms with Gasteiger partial charge < -0.3 is 19.5 Å². The van der Waals surface area contributed by atoms with Crippen LogP contribution in [0.5, 0.6) is 11.5 Å². The normalized spacial score (nSPS) is 17.0. The number of hydrogen-bond donors (Lipinski definition) is 1. The van der Waals surface area contributed by atoms with Crippen LogP contribution in [0.15, 0.2) is 36.4 Å². The molecule has 1 saturated heterocycles. The topological polar surface area (TPSA) is 79.3 Å². The third-order valence-corrected chi connectivity index (χ3v) is 5.42. The first kappa shape index (κ1) is 19.0. The molecular weight excluding hydrogens is 379 g/mol. The minimum absolute atomic E-state index is 0.0592. The fraction of sp³-hybridized carbons (Fsp3) is 0.333. The molecule has 1 N–H and O–H groups in total. The number of hydrogen-bond acceptors (Lipinski definition) is 5. The molecular formula is C21H21FN2O5. The van der Waals surface area contributed by atoms with Gasteiger partial charge in [0.2, 0.25) is 0 Å². The van der Waals surface area contributed by atoms with Gasteiger partial charge in [-0.15, -0.1) is 0 Å². The van der Waals surface area contributed by atoms with Crippen molar-refractivity contribution in [2.45, 2.75) is 25.5 Å². The van der Waals surface area contributed by atoms with Crippen molar-refractivity contribution in [3.63, 3.8) is 0 Å². The SMILES string of the molecule is COc1cc(O)c(F)cc1C(=O)N1CCC(N2C(=O)OCc3ccccc32)CC1. The monoisotopic (exact) mass is 400 g/mol. The van der Waals surface area contributed by atoms with Crippen LogP contribution >= 0.6 is 0 Å². The Morgan fingerprint density at radius 3 is 2.69 bits per heavy atom. The molecule has 0 unspecified atom stereocenters. The van der Waals surface area contributed by atoms with E-state index in [1.165, 1.54) is 7.11 Å². The average molecular weight is 400 g/mol. The summed E-state index contributed by atoms with van der Waals surface area (Å²) < 4.78 is 24.2. The number of piperidine rings is 1. The Kier molecular flexibility index (Phi) is 5.00. The molecule has 7 nitrogen and oxygen atoms in total. The number of phenolic OH excluding ortho intramolecular Hbond substituents is 1. The van der Waals surface area contributed by atoms with E-state index in [2.05, 4.69) is 0 Å². The lowest BCUT2D eigenvalue weighted by atomic mass is 10.00. The summed E-state index contributed by atoms with van der Waals surface area (Å²) in [4.78, 5) is 28.5. The molecule has 152 valence electrons. The zero-order valence-corrected chi connectivity index (χ0v) is 15.9. The van der Waals surface area contributed by atoms with Gasteiger partial charge in [-0.2, -0.15) is 0 Å². The number of cyclic esters (lactones) is 1. The number of nitrogens with zero attached hydrogens (tertiary/aromatic N) is 2. The Hall–Kier alpha value is -3.29. The van der Waals surface area contributed by atoms with Crippen molar-refractivity contribution in [1.82, 2.24) is 4.90 Å². The zero-order chi connectivity index (χ0) is 20.5. The van der Waals surface area contributed by atoms with Gasteiger partial charge in [0.05, 0.1) is 18.4 Å². The number of rotatable bonds is 3. The van der Waals surface area contributed by atoms with E-state index in [1.807, 2.05) is 24.3 Å². The second-order valence-electron chi connectivity index (χ2n) is 7.08. The molecule has 0 atom stereocenters. The van der Waals surface area contributed by atoms with Crippen molar-refractivity contribution in [1.29, 1.82) is 0 Å². The summed E-state index contributed by atoms with van der Waals surface area (Å²) in [5, 5.41) is 9.50. The Bertz CT molecular complexity index is 956. The molecule has 0 bridgehead atoms. The summed E-state index contributed by atoms with van der Waals surface area (Å²) in [6.07, 6.45) is 0.756. The highest BCUT2D eigenvalue weighted by molar-refractivity contribution is 5.97. The largest absolute Gasteiger partial charge is 0.505 e. The number of benzene rings is 2. The smallest absolute Gasteiger partial charge is 0.414 e. The van der Waals surface area contributed by atoms with Crippen molar-refractivity contribution in [3.8, 4) is 11.5 Å². The molecule has 2 aliphatic rings. The lowest BCUT2D eigenvalue weighted by Crippen LogP contribution is -2.50. The Morgan fingerprint density at radius 2 is 1.97 bits per heavy atom. The Labute approximate surface area is 167 Å². The third kappa shape index (κ3) is 3.46. The number of halogens is 1. The lowest BCUT2D eigenvalue weighted by molar-refractivity contribution is 0.0704. The summed E-state index contributed by atoms with van der Waals surface area (Å²) in [6, 6.07) is 9.61. The van der Waals surface area contributed by atoms with Gasteiger partial charge in [-0.05, 0) is 25.0 Å². The van der Waals surface area contributed by atoms with Gasteiger partial charge in [-0.25, -0.2) is 9.18 Å². The van der Waals surface area contributed by atoms with Crippen LogP contribution < -0.4 is 9.64 Å². The molecule has 2 heterocycles. The van der Waals surface area contributed by atoms with Crippen LogP contribution in [0.1, 0.15) is 28.8 Å². The van der Waals surface area contributed by atoms with Gasteiger partial charge in [0.1, 0.15) is 12.4 Å². The molecule has 4 rings (SSSR count). The Balaban J connectivity index is 1.50. The van der Waals surface area contributed by atoms with Gasteiger partial charge in [-0.1, -0.05) is 18.2 Å². The number of amides is 2. The van der Waals surface area contributed by atoms with Gasteiger partial charge in [-0.3, -0.25) is 9.69 Å².